The molecule has 2 nitrogen and oxygen atoms in total. The van der Waals surface area contributed by atoms with Crippen LogP contribution in [0.15, 0.2) is 41.9 Å². The minimum absolute atomic E-state index is 0.716. The Bertz CT molecular complexity index is 637. The van der Waals surface area contributed by atoms with E-state index in [0.29, 0.717) is 5.56 Å². The van der Waals surface area contributed by atoms with Crippen molar-refractivity contribution in [2.75, 3.05) is 0 Å². The Morgan fingerprint density at radius 1 is 1.25 bits per heavy atom. The molecule has 0 saturated heterocycles. The van der Waals surface area contributed by atoms with Crippen molar-refractivity contribution in [1.82, 2.24) is 4.98 Å². The van der Waals surface area contributed by atoms with Crippen molar-refractivity contribution in [2.45, 2.75) is 0 Å². The number of thiophene rings is 1. The topological polar surface area (TPSA) is 32.9 Å². The number of aldehydes is 1. The number of carbonyl (C=O) groups excluding carboxylic acids is 1. The summed E-state index contributed by atoms with van der Waals surface area (Å²) in [5, 5.41) is 3.04. The van der Waals surface area contributed by atoms with E-state index in [0.717, 1.165) is 22.8 Å². The Morgan fingerprint density at radius 3 is 2.94 bits per heavy atom. The molecule has 3 rings (SSSR count). The van der Waals surface area contributed by atoms with Gasteiger partial charge in [0.05, 0.1) is 0 Å². The number of hydrogen-bond donors (Lipinski definition) is 1. The minimum atomic E-state index is 0.716. The van der Waals surface area contributed by atoms with Crippen LogP contribution in [0.5, 0.6) is 0 Å². The fraction of sp³-hybridized carbons (Fsp3) is 0. The van der Waals surface area contributed by atoms with Crippen molar-refractivity contribution >= 4 is 28.5 Å². The molecule has 0 aliphatic rings. The van der Waals surface area contributed by atoms with E-state index in [1.165, 1.54) is 4.88 Å². The lowest BCUT2D eigenvalue weighted by Gasteiger charge is -1.98. The van der Waals surface area contributed by atoms with Crippen molar-refractivity contribution in [3.05, 3.63) is 47.5 Å². The van der Waals surface area contributed by atoms with Crippen LogP contribution < -0.4 is 0 Å². The lowest BCUT2D eigenvalue weighted by Crippen LogP contribution is -1.76. The predicted octanol–water partition coefficient (Wildman–Crippen LogP) is 3.71. The first-order valence-electron chi connectivity index (χ1n) is 4.98. The van der Waals surface area contributed by atoms with Gasteiger partial charge in [0, 0.05) is 27.5 Å². The molecule has 0 aliphatic carbocycles. The highest BCUT2D eigenvalue weighted by Gasteiger charge is 2.05. The summed E-state index contributed by atoms with van der Waals surface area (Å²) in [4.78, 5) is 15.2. The van der Waals surface area contributed by atoms with E-state index in [2.05, 4.69) is 28.6 Å². The van der Waals surface area contributed by atoms with Crippen LogP contribution in [0.1, 0.15) is 10.4 Å². The number of nitrogens with one attached hydrogen (secondary N) is 1. The SMILES string of the molecule is O=Cc1c[nH]c2ccc(-c3cccs3)cc12. The second-order valence-corrected chi connectivity index (χ2v) is 4.55. The summed E-state index contributed by atoms with van der Waals surface area (Å²) >= 11 is 1.70. The minimum Gasteiger partial charge on any atom is -0.360 e. The highest BCUT2D eigenvalue weighted by Crippen LogP contribution is 2.28. The first-order valence-corrected chi connectivity index (χ1v) is 5.86. The lowest BCUT2D eigenvalue weighted by molar-refractivity contribution is 0.112. The van der Waals surface area contributed by atoms with Gasteiger partial charge in [-0.1, -0.05) is 12.1 Å². The second-order valence-electron chi connectivity index (χ2n) is 3.60. The van der Waals surface area contributed by atoms with E-state index in [9.17, 15) is 4.79 Å². The zero-order valence-corrected chi connectivity index (χ0v) is 9.25. The number of aromatic amines is 1. The molecule has 0 bridgehead atoms. The van der Waals surface area contributed by atoms with Crippen LogP contribution in [-0.4, -0.2) is 11.3 Å². The molecule has 78 valence electrons. The highest BCUT2D eigenvalue weighted by molar-refractivity contribution is 7.13. The number of carbonyl (C=O) groups is 1. The molecular formula is C13H9NOS. The molecular weight excluding hydrogens is 218 g/mol. The Labute approximate surface area is 96.5 Å². The largest absolute Gasteiger partial charge is 0.360 e. The van der Waals surface area contributed by atoms with E-state index >= 15 is 0 Å². The zero-order valence-electron chi connectivity index (χ0n) is 8.44. The number of H-pyrrole nitrogens is 1. The smallest absolute Gasteiger partial charge is 0.152 e. The van der Waals surface area contributed by atoms with E-state index in [-0.39, 0.29) is 0 Å². The molecule has 3 heteroatoms. The van der Waals surface area contributed by atoms with Gasteiger partial charge in [0.2, 0.25) is 0 Å². The third-order valence-electron chi connectivity index (χ3n) is 2.65. The summed E-state index contributed by atoms with van der Waals surface area (Å²) in [6.07, 6.45) is 2.63. The molecule has 2 aromatic heterocycles. The third kappa shape index (κ3) is 1.37. The molecule has 2 heterocycles. The average molecular weight is 227 g/mol. The van der Waals surface area contributed by atoms with Crippen molar-refractivity contribution in [2.24, 2.45) is 0 Å². The number of aromatic nitrogens is 1. The molecule has 16 heavy (non-hydrogen) atoms. The number of fused-ring (bicyclic) bond motifs is 1. The van der Waals surface area contributed by atoms with Crippen LogP contribution in [0.25, 0.3) is 21.3 Å². The van der Waals surface area contributed by atoms with E-state index in [1.54, 1.807) is 17.5 Å². The van der Waals surface area contributed by atoms with E-state index in [4.69, 9.17) is 0 Å². The summed E-state index contributed by atoms with van der Waals surface area (Å²) in [6, 6.07) is 10.2. The molecule has 0 unspecified atom stereocenters. The molecule has 0 spiro atoms. The van der Waals surface area contributed by atoms with Gasteiger partial charge in [0.15, 0.2) is 6.29 Å². The molecule has 0 aliphatic heterocycles. The normalized spacial score (nSPS) is 10.8. The van der Waals surface area contributed by atoms with Gasteiger partial charge in [-0.25, -0.2) is 0 Å². The summed E-state index contributed by atoms with van der Waals surface area (Å²) in [5.74, 6) is 0. The molecule has 1 aromatic carbocycles. The van der Waals surface area contributed by atoms with Crippen molar-refractivity contribution in [3.63, 3.8) is 0 Å². The Kier molecular flexibility index (Phi) is 2.11. The first kappa shape index (κ1) is 9.36. The van der Waals surface area contributed by atoms with Crippen molar-refractivity contribution in [3.8, 4) is 10.4 Å². The van der Waals surface area contributed by atoms with Gasteiger partial charge in [-0.3, -0.25) is 4.79 Å². The fourth-order valence-electron chi connectivity index (χ4n) is 1.84. The Balaban J connectivity index is 2.25. The predicted molar refractivity (Wildman–Crippen MR) is 67.0 cm³/mol. The molecule has 0 fully saturated rings. The Hall–Kier alpha value is -1.87. The van der Waals surface area contributed by atoms with Gasteiger partial charge in [0.1, 0.15) is 0 Å². The van der Waals surface area contributed by atoms with Crippen LogP contribution in [0.4, 0.5) is 0 Å². The van der Waals surface area contributed by atoms with Gasteiger partial charge >= 0.3 is 0 Å². The van der Waals surface area contributed by atoms with Gasteiger partial charge in [-0.2, -0.15) is 0 Å². The zero-order chi connectivity index (χ0) is 11.0. The van der Waals surface area contributed by atoms with E-state index in [1.807, 2.05) is 12.1 Å². The molecule has 0 saturated carbocycles. The van der Waals surface area contributed by atoms with Crippen molar-refractivity contribution in [1.29, 1.82) is 0 Å². The van der Waals surface area contributed by atoms with Crippen LogP contribution in [0, 0.1) is 0 Å². The molecule has 0 atom stereocenters. The number of hydrogen-bond acceptors (Lipinski definition) is 2. The fourth-order valence-corrected chi connectivity index (χ4v) is 2.56. The van der Waals surface area contributed by atoms with Crippen molar-refractivity contribution < 1.29 is 4.79 Å². The van der Waals surface area contributed by atoms with Gasteiger partial charge in [-0.15, -0.1) is 11.3 Å². The summed E-state index contributed by atoms with van der Waals surface area (Å²) in [6.45, 7) is 0. The van der Waals surface area contributed by atoms with Gasteiger partial charge < -0.3 is 4.98 Å². The molecule has 3 aromatic rings. The van der Waals surface area contributed by atoms with Gasteiger partial charge in [0.25, 0.3) is 0 Å². The quantitative estimate of drug-likeness (QED) is 0.665. The maximum absolute atomic E-state index is 10.9. The van der Waals surface area contributed by atoms with Crippen LogP contribution in [0.3, 0.4) is 0 Å². The summed E-state index contributed by atoms with van der Waals surface area (Å²) in [5.41, 5.74) is 2.88. The maximum atomic E-state index is 10.9. The molecule has 1 N–H and O–H groups in total. The van der Waals surface area contributed by atoms with Crippen LogP contribution in [-0.2, 0) is 0 Å². The number of rotatable bonds is 2. The molecule has 0 amide bonds. The Morgan fingerprint density at radius 2 is 2.19 bits per heavy atom. The molecule has 0 radical (unpaired) electrons. The monoisotopic (exact) mass is 227 g/mol. The van der Waals surface area contributed by atoms with Crippen LogP contribution >= 0.6 is 11.3 Å². The summed E-state index contributed by atoms with van der Waals surface area (Å²) in [7, 11) is 0. The maximum Gasteiger partial charge on any atom is 0.152 e. The third-order valence-corrected chi connectivity index (χ3v) is 3.57. The average Bonchev–Trinajstić information content (AvgIpc) is 2.97. The lowest BCUT2D eigenvalue weighted by atomic mass is 10.1. The summed E-state index contributed by atoms with van der Waals surface area (Å²) < 4.78 is 0. The first-order chi connectivity index (χ1) is 7.88. The highest BCUT2D eigenvalue weighted by atomic mass is 32.1. The van der Waals surface area contributed by atoms with Gasteiger partial charge in [-0.05, 0) is 29.1 Å². The number of benzene rings is 1. The van der Waals surface area contributed by atoms with E-state index < -0.39 is 0 Å². The standard InChI is InChI=1S/C13H9NOS/c15-8-10-7-14-12-4-3-9(6-11(10)12)13-2-1-5-16-13/h1-8,14H. The van der Waals surface area contributed by atoms with Crippen LogP contribution in [0.2, 0.25) is 0 Å². The second kappa shape index (κ2) is 3.61.